The van der Waals surface area contributed by atoms with Crippen LogP contribution in [0.3, 0.4) is 0 Å². The molecular formula is C12H18N2O2. The van der Waals surface area contributed by atoms with E-state index in [0.29, 0.717) is 25.5 Å². The third-order valence-corrected chi connectivity index (χ3v) is 2.04. The van der Waals surface area contributed by atoms with Gasteiger partial charge in [0.15, 0.2) is 0 Å². The van der Waals surface area contributed by atoms with Crippen molar-refractivity contribution in [3.8, 4) is 0 Å². The smallest absolute Gasteiger partial charge is 0.227 e. The maximum atomic E-state index is 11.5. The maximum Gasteiger partial charge on any atom is 0.227 e. The number of carbonyl (C=O) groups is 1. The van der Waals surface area contributed by atoms with Crippen LogP contribution in [0.5, 0.6) is 0 Å². The van der Waals surface area contributed by atoms with Crippen molar-refractivity contribution in [2.75, 3.05) is 18.5 Å². The van der Waals surface area contributed by atoms with Crippen molar-refractivity contribution in [3.63, 3.8) is 0 Å². The Bertz CT molecular complexity index is 344. The number of carbonyl (C=O) groups excluding carboxylic acids is 1. The summed E-state index contributed by atoms with van der Waals surface area (Å²) in [6.07, 6.45) is 0.364. The molecule has 0 aromatic carbocycles. The standard InChI is InChI=1S/C12H18N2O2/c1-4-16-6-5-12(15)14-11-8-9(2)7-10(3)13-11/h7-8H,4-6H2,1-3H3,(H,13,14,15). The number of aromatic nitrogens is 1. The molecule has 88 valence electrons. The van der Waals surface area contributed by atoms with Crippen molar-refractivity contribution in [2.24, 2.45) is 0 Å². The van der Waals surface area contributed by atoms with E-state index in [9.17, 15) is 4.79 Å². The summed E-state index contributed by atoms with van der Waals surface area (Å²) in [5.41, 5.74) is 1.99. The van der Waals surface area contributed by atoms with Crippen molar-refractivity contribution in [2.45, 2.75) is 27.2 Å². The molecule has 0 atom stereocenters. The predicted octanol–water partition coefficient (Wildman–Crippen LogP) is 2.06. The number of ether oxygens (including phenoxy) is 1. The Labute approximate surface area is 96.0 Å². The van der Waals surface area contributed by atoms with Gasteiger partial charge in [-0.2, -0.15) is 0 Å². The van der Waals surface area contributed by atoms with Crippen molar-refractivity contribution in [1.29, 1.82) is 0 Å². The third-order valence-electron chi connectivity index (χ3n) is 2.04. The van der Waals surface area contributed by atoms with Gasteiger partial charge in [-0.3, -0.25) is 4.79 Å². The van der Waals surface area contributed by atoms with Gasteiger partial charge in [0, 0.05) is 12.3 Å². The zero-order valence-electron chi connectivity index (χ0n) is 10.0. The second-order valence-corrected chi connectivity index (χ2v) is 3.67. The molecule has 1 amide bonds. The number of anilines is 1. The quantitative estimate of drug-likeness (QED) is 0.776. The van der Waals surface area contributed by atoms with Gasteiger partial charge in [0.25, 0.3) is 0 Å². The number of amides is 1. The second-order valence-electron chi connectivity index (χ2n) is 3.67. The van der Waals surface area contributed by atoms with Gasteiger partial charge in [-0.1, -0.05) is 0 Å². The van der Waals surface area contributed by atoms with Gasteiger partial charge in [0.1, 0.15) is 5.82 Å². The summed E-state index contributed by atoms with van der Waals surface area (Å²) in [7, 11) is 0. The molecule has 0 radical (unpaired) electrons. The maximum absolute atomic E-state index is 11.5. The number of hydrogen-bond acceptors (Lipinski definition) is 3. The van der Waals surface area contributed by atoms with Crippen LogP contribution in [-0.2, 0) is 9.53 Å². The van der Waals surface area contributed by atoms with Crippen molar-refractivity contribution in [1.82, 2.24) is 4.98 Å². The second kappa shape index (κ2) is 6.23. The fraction of sp³-hybridized carbons (Fsp3) is 0.500. The SMILES string of the molecule is CCOCCC(=O)Nc1cc(C)cc(C)n1. The van der Waals surface area contributed by atoms with Crippen LogP contribution in [0.4, 0.5) is 5.82 Å². The first-order valence-electron chi connectivity index (χ1n) is 5.44. The fourth-order valence-corrected chi connectivity index (χ4v) is 1.42. The summed E-state index contributed by atoms with van der Waals surface area (Å²) in [6.45, 7) is 6.87. The molecule has 0 bridgehead atoms. The molecule has 4 heteroatoms. The largest absolute Gasteiger partial charge is 0.381 e. The van der Waals surface area contributed by atoms with E-state index in [0.717, 1.165) is 11.3 Å². The lowest BCUT2D eigenvalue weighted by atomic mass is 10.2. The first-order chi connectivity index (χ1) is 7.61. The summed E-state index contributed by atoms with van der Waals surface area (Å²) < 4.78 is 5.11. The monoisotopic (exact) mass is 222 g/mol. The number of rotatable bonds is 5. The average Bonchev–Trinajstić information content (AvgIpc) is 2.16. The highest BCUT2D eigenvalue weighted by atomic mass is 16.5. The van der Waals surface area contributed by atoms with E-state index in [2.05, 4.69) is 10.3 Å². The highest BCUT2D eigenvalue weighted by Crippen LogP contribution is 2.09. The molecule has 4 nitrogen and oxygen atoms in total. The minimum absolute atomic E-state index is 0.0639. The topological polar surface area (TPSA) is 51.2 Å². The van der Waals surface area contributed by atoms with E-state index < -0.39 is 0 Å². The summed E-state index contributed by atoms with van der Waals surface area (Å²) in [5, 5.41) is 2.75. The number of nitrogens with zero attached hydrogens (tertiary/aromatic N) is 1. The Hall–Kier alpha value is -1.42. The van der Waals surface area contributed by atoms with Gasteiger partial charge in [-0.05, 0) is 38.5 Å². The molecule has 0 saturated carbocycles. The van der Waals surface area contributed by atoms with Gasteiger partial charge >= 0.3 is 0 Å². The van der Waals surface area contributed by atoms with Crippen LogP contribution in [-0.4, -0.2) is 24.1 Å². The fourth-order valence-electron chi connectivity index (χ4n) is 1.42. The number of nitrogens with one attached hydrogen (secondary N) is 1. The Morgan fingerprint density at radius 2 is 2.19 bits per heavy atom. The summed E-state index contributed by atoms with van der Waals surface area (Å²) in [5.74, 6) is 0.546. The van der Waals surface area contributed by atoms with E-state index in [1.165, 1.54) is 0 Å². The van der Waals surface area contributed by atoms with Crippen LogP contribution in [0, 0.1) is 13.8 Å². The molecule has 1 rings (SSSR count). The highest BCUT2D eigenvalue weighted by Gasteiger charge is 2.03. The lowest BCUT2D eigenvalue weighted by Gasteiger charge is -2.06. The summed E-state index contributed by atoms with van der Waals surface area (Å²) in [6, 6.07) is 3.82. The third kappa shape index (κ3) is 4.40. The van der Waals surface area contributed by atoms with Crippen molar-refractivity contribution in [3.05, 3.63) is 23.4 Å². The van der Waals surface area contributed by atoms with Gasteiger partial charge in [0.2, 0.25) is 5.91 Å². The van der Waals surface area contributed by atoms with Crippen LogP contribution in [0.15, 0.2) is 12.1 Å². The minimum Gasteiger partial charge on any atom is -0.381 e. The highest BCUT2D eigenvalue weighted by molar-refractivity contribution is 5.89. The predicted molar refractivity (Wildman–Crippen MR) is 63.5 cm³/mol. The van der Waals surface area contributed by atoms with Gasteiger partial charge in [-0.15, -0.1) is 0 Å². The minimum atomic E-state index is -0.0639. The van der Waals surface area contributed by atoms with E-state index in [-0.39, 0.29) is 5.91 Å². The number of hydrogen-bond donors (Lipinski definition) is 1. The zero-order valence-corrected chi connectivity index (χ0v) is 10.0. The Morgan fingerprint density at radius 1 is 1.44 bits per heavy atom. The average molecular weight is 222 g/mol. The molecule has 0 aliphatic rings. The van der Waals surface area contributed by atoms with E-state index in [4.69, 9.17) is 4.74 Å². The first kappa shape index (κ1) is 12.6. The molecule has 0 saturated heterocycles. The summed E-state index contributed by atoms with van der Waals surface area (Å²) in [4.78, 5) is 15.7. The molecule has 1 N–H and O–H groups in total. The van der Waals surface area contributed by atoms with E-state index in [1.54, 1.807) is 0 Å². The first-order valence-corrected chi connectivity index (χ1v) is 5.44. The molecule has 0 spiro atoms. The lowest BCUT2D eigenvalue weighted by molar-refractivity contribution is -0.117. The van der Waals surface area contributed by atoms with Gasteiger partial charge in [-0.25, -0.2) is 4.98 Å². The van der Waals surface area contributed by atoms with E-state index >= 15 is 0 Å². The molecular weight excluding hydrogens is 204 g/mol. The lowest BCUT2D eigenvalue weighted by Crippen LogP contribution is -2.15. The zero-order chi connectivity index (χ0) is 12.0. The van der Waals surface area contributed by atoms with Crippen LogP contribution in [0.1, 0.15) is 24.6 Å². The van der Waals surface area contributed by atoms with Crippen molar-refractivity contribution >= 4 is 11.7 Å². The Morgan fingerprint density at radius 3 is 2.81 bits per heavy atom. The van der Waals surface area contributed by atoms with Crippen molar-refractivity contribution < 1.29 is 9.53 Å². The molecule has 0 fully saturated rings. The van der Waals surface area contributed by atoms with Crippen LogP contribution < -0.4 is 5.32 Å². The number of pyridine rings is 1. The summed E-state index contributed by atoms with van der Waals surface area (Å²) >= 11 is 0. The molecule has 1 aromatic rings. The van der Waals surface area contributed by atoms with Gasteiger partial charge < -0.3 is 10.1 Å². The molecule has 0 unspecified atom stereocenters. The van der Waals surface area contributed by atoms with Gasteiger partial charge in [0.05, 0.1) is 13.0 Å². The Balaban J connectivity index is 2.49. The Kier molecular flexibility index (Phi) is 4.92. The van der Waals surface area contributed by atoms with Crippen LogP contribution in [0.25, 0.3) is 0 Å². The molecule has 16 heavy (non-hydrogen) atoms. The number of aryl methyl sites for hydroxylation is 2. The van der Waals surface area contributed by atoms with Crippen LogP contribution >= 0.6 is 0 Å². The normalized spacial score (nSPS) is 10.2. The molecule has 1 heterocycles. The molecule has 0 aliphatic carbocycles. The molecule has 1 aromatic heterocycles. The van der Waals surface area contributed by atoms with E-state index in [1.807, 2.05) is 32.9 Å². The molecule has 0 aliphatic heterocycles. The van der Waals surface area contributed by atoms with Crippen LogP contribution in [0.2, 0.25) is 0 Å².